The number of fused-ring (bicyclic) bond motifs is 3. The van der Waals surface area contributed by atoms with E-state index in [2.05, 4.69) is 42.9 Å². The van der Waals surface area contributed by atoms with Gasteiger partial charge in [-0.2, -0.15) is 0 Å². The molecule has 3 aliphatic rings. The Labute approximate surface area is 289 Å². The lowest BCUT2D eigenvalue weighted by molar-refractivity contribution is 0.0455. The molecule has 1 aliphatic heterocycles. The first-order chi connectivity index (χ1) is 22.6. The number of aromatic nitrogens is 2. The van der Waals surface area contributed by atoms with E-state index in [4.69, 9.17) is 21.1 Å². The highest BCUT2D eigenvalue weighted by Gasteiger charge is 2.44. The first kappa shape index (κ1) is 33.9. The van der Waals surface area contributed by atoms with Crippen molar-refractivity contribution < 1.29 is 27.8 Å². The monoisotopic (exact) mass is 743 g/mol. The number of anilines is 1. The molecule has 4 atom stereocenters. The molecule has 12 heteroatoms. The number of carbonyl (C=O) groups is 1. The molecule has 1 saturated carbocycles. The first-order valence-corrected chi connectivity index (χ1v) is 18.8. The van der Waals surface area contributed by atoms with E-state index in [-0.39, 0.29) is 28.2 Å². The van der Waals surface area contributed by atoms with Crippen LogP contribution in [0.1, 0.15) is 60.0 Å². The Kier molecular flexibility index (Phi) is 10.3. The summed E-state index contributed by atoms with van der Waals surface area (Å²) >= 11 is 9.97. The summed E-state index contributed by atoms with van der Waals surface area (Å²) < 4.78 is 37.5. The molecule has 2 heterocycles. The van der Waals surface area contributed by atoms with Crippen LogP contribution in [0, 0.1) is 11.8 Å². The number of methoxy groups -OCH3 is 1. The zero-order chi connectivity index (χ0) is 33.2. The van der Waals surface area contributed by atoms with Gasteiger partial charge in [0, 0.05) is 35.9 Å². The minimum absolute atomic E-state index is 0.0359. The largest absolute Gasteiger partial charge is 0.490 e. The zero-order valence-corrected chi connectivity index (χ0v) is 29.4. The molecule has 0 radical (unpaired) electrons. The van der Waals surface area contributed by atoms with Crippen molar-refractivity contribution in [3.8, 4) is 5.75 Å². The highest BCUT2D eigenvalue weighted by Crippen LogP contribution is 2.47. The van der Waals surface area contributed by atoms with Crippen LogP contribution in [-0.4, -0.2) is 68.1 Å². The van der Waals surface area contributed by atoms with Crippen molar-refractivity contribution in [3.05, 3.63) is 87.1 Å². The second-order valence-electron chi connectivity index (χ2n) is 12.8. The molecule has 0 saturated heterocycles. The number of rotatable bonds is 10. The Bertz CT molecular complexity index is 1760. The molecule has 9 nitrogen and oxygen atoms in total. The summed E-state index contributed by atoms with van der Waals surface area (Å²) in [6, 6.07) is 13.2. The van der Waals surface area contributed by atoms with Crippen LogP contribution in [0.3, 0.4) is 0 Å². The second kappa shape index (κ2) is 14.2. The maximum Gasteiger partial charge on any atom is 0.337 e. The fraction of sp³-hybridized carbons (Fsp3) is 0.457. The number of sulfone groups is 1. The van der Waals surface area contributed by atoms with E-state index in [1.54, 1.807) is 18.2 Å². The van der Waals surface area contributed by atoms with Crippen LogP contribution in [0.4, 0.5) is 5.69 Å². The molecule has 2 aliphatic carbocycles. The van der Waals surface area contributed by atoms with E-state index in [1.807, 2.05) is 18.2 Å². The van der Waals surface area contributed by atoms with Gasteiger partial charge in [-0.3, -0.25) is 0 Å². The van der Waals surface area contributed by atoms with Crippen LogP contribution in [-0.2, 0) is 26.4 Å². The fourth-order valence-electron chi connectivity index (χ4n) is 7.27. The number of carbonyl (C=O) groups excluding carboxylic acids is 1. The van der Waals surface area contributed by atoms with Gasteiger partial charge in [-0.15, -0.1) is 0 Å². The Morgan fingerprint density at radius 3 is 2.79 bits per heavy atom. The maximum absolute atomic E-state index is 12.6. The van der Waals surface area contributed by atoms with Gasteiger partial charge in [0.25, 0.3) is 0 Å². The molecule has 1 N–H and O–H groups in total. The Morgan fingerprint density at radius 2 is 2.04 bits per heavy atom. The van der Waals surface area contributed by atoms with Crippen LogP contribution in [0.5, 0.6) is 5.75 Å². The van der Waals surface area contributed by atoms with E-state index in [0.29, 0.717) is 38.1 Å². The first-order valence-electron chi connectivity index (χ1n) is 16.0. The standard InChI is InChI=1S/C35H39BrClN3O6S/c1-45-33(42)24-8-12-32-30(18-24)40(21-35(22-46-32)13-2-5-23-17-27(37)9-11-29(23)35)20-25-7-10-28(25)31(41)19-26(36)6-3-16-47(43,44)34-38-14-4-15-39-34/h4,8-9,11-12,14-15,17-19,25,28,31,41H,2-3,5-7,10,13,16,20-22H2,1H3/b26-19-/t25-,28+,31+,35-/m0/s1. The highest BCUT2D eigenvalue weighted by molar-refractivity contribution is 9.11. The molecule has 0 amide bonds. The third-order valence-corrected chi connectivity index (χ3v) is 12.3. The summed E-state index contributed by atoms with van der Waals surface area (Å²) in [5, 5.41) is 11.9. The number of aliphatic hydroxyl groups excluding tert-OH is 1. The van der Waals surface area contributed by atoms with Crippen molar-refractivity contribution in [3.63, 3.8) is 0 Å². The van der Waals surface area contributed by atoms with Gasteiger partial charge in [-0.25, -0.2) is 23.2 Å². The fourth-order valence-corrected chi connectivity index (χ4v) is 9.17. The molecule has 6 rings (SSSR count). The van der Waals surface area contributed by atoms with Crippen LogP contribution < -0.4 is 9.64 Å². The number of esters is 1. The van der Waals surface area contributed by atoms with Gasteiger partial charge >= 0.3 is 5.97 Å². The minimum atomic E-state index is -3.57. The predicted molar refractivity (Wildman–Crippen MR) is 184 cm³/mol. The molecule has 3 aromatic rings. The van der Waals surface area contributed by atoms with Crippen molar-refractivity contribution in [2.45, 2.75) is 61.6 Å². The molecule has 0 bridgehead atoms. The van der Waals surface area contributed by atoms with Gasteiger partial charge in [0.1, 0.15) is 5.75 Å². The molecule has 2 aromatic carbocycles. The number of nitrogens with zero attached hydrogens (tertiary/aromatic N) is 3. The third kappa shape index (κ3) is 7.38. The zero-order valence-electron chi connectivity index (χ0n) is 26.3. The topological polar surface area (TPSA) is 119 Å². The molecule has 1 fully saturated rings. The second-order valence-corrected chi connectivity index (χ2v) is 16.3. The normalized spacial score (nSPS) is 23.1. The molecule has 1 spiro atoms. The van der Waals surface area contributed by atoms with Crippen molar-refractivity contribution >= 4 is 49.0 Å². The smallest absolute Gasteiger partial charge is 0.337 e. The average Bonchev–Trinajstić information content (AvgIpc) is 3.19. The number of halogens is 2. The lowest BCUT2D eigenvalue weighted by atomic mass is 9.68. The number of hydrogen-bond acceptors (Lipinski definition) is 9. The number of aryl methyl sites for hydroxylation is 1. The molecular formula is C35H39BrClN3O6S. The predicted octanol–water partition coefficient (Wildman–Crippen LogP) is 6.31. The SMILES string of the molecule is COC(=O)c1ccc2c(c1)N(C[C@@H]1CC[C@H]1[C@H](O)/C=C(\Br)CCCS(=O)(=O)c1ncccn1)C[C@@]1(CCCc3cc(Cl)ccc31)CO2. The van der Waals surface area contributed by atoms with Crippen molar-refractivity contribution in [1.82, 2.24) is 9.97 Å². The Morgan fingerprint density at radius 1 is 1.23 bits per heavy atom. The van der Waals surface area contributed by atoms with E-state index in [0.717, 1.165) is 53.0 Å². The lowest BCUT2D eigenvalue weighted by Crippen LogP contribution is -2.49. The van der Waals surface area contributed by atoms with Gasteiger partial charge in [-0.1, -0.05) is 33.6 Å². The third-order valence-electron chi connectivity index (χ3n) is 9.83. The van der Waals surface area contributed by atoms with Gasteiger partial charge < -0.3 is 19.5 Å². The van der Waals surface area contributed by atoms with Crippen molar-refractivity contribution in [1.29, 1.82) is 0 Å². The summed E-state index contributed by atoms with van der Waals surface area (Å²) in [7, 11) is -2.19. The van der Waals surface area contributed by atoms with Crippen LogP contribution >= 0.6 is 27.5 Å². The van der Waals surface area contributed by atoms with Gasteiger partial charge in [0.2, 0.25) is 15.0 Å². The minimum Gasteiger partial charge on any atom is -0.490 e. The highest BCUT2D eigenvalue weighted by atomic mass is 79.9. The number of allylic oxidation sites excluding steroid dienone is 1. The lowest BCUT2D eigenvalue weighted by Gasteiger charge is -2.45. The van der Waals surface area contributed by atoms with Crippen LogP contribution in [0.15, 0.2) is 70.6 Å². The number of hydrogen-bond donors (Lipinski definition) is 1. The van der Waals surface area contributed by atoms with Crippen LogP contribution in [0.25, 0.3) is 0 Å². The summed E-state index contributed by atoms with van der Waals surface area (Å²) in [6.07, 6.45) is 9.61. The van der Waals surface area contributed by atoms with Crippen molar-refractivity contribution in [2.75, 3.05) is 37.5 Å². The quantitative estimate of drug-likeness (QED) is 0.188. The average molecular weight is 745 g/mol. The number of aliphatic hydroxyl groups is 1. The molecule has 250 valence electrons. The molecular weight excluding hydrogens is 706 g/mol. The van der Waals surface area contributed by atoms with E-state index in [9.17, 15) is 18.3 Å². The van der Waals surface area contributed by atoms with Crippen molar-refractivity contribution in [2.24, 2.45) is 11.8 Å². The Hall–Kier alpha value is -2.99. The summed E-state index contributed by atoms with van der Waals surface area (Å²) in [5.74, 6) is 0.485. The summed E-state index contributed by atoms with van der Waals surface area (Å²) in [4.78, 5) is 22.6. The molecule has 0 unspecified atom stereocenters. The maximum atomic E-state index is 12.6. The summed E-state index contributed by atoms with van der Waals surface area (Å²) in [5.41, 5.74) is 3.58. The Balaban J connectivity index is 1.19. The number of benzene rings is 2. The van der Waals surface area contributed by atoms with Gasteiger partial charge in [0.15, 0.2) is 0 Å². The van der Waals surface area contributed by atoms with E-state index in [1.165, 1.54) is 30.6 Å². The molecule has 47 heavy (non-hydrogen) atoms. The van der Waals surface area contributed by atoms with Crippen LogP contribution in [0.2, 0.25) is 5.02 Å². The summed E-state index contributed by atoms with van der Waals surface area (Å²) in [6.45, 7) is 1.91. The van der Waals surface area contributed by atoms with E-state index < -0.39 is 21.9 Å². The van der Waals surface area contributed by atoms with E-state index >= 15 is 0 Å². The molecule has 1 aromatic heterocycles. The van der Waals surface area contributed by atoms with Gasteiger partial charge in [-0.05, 0) is 115 Å². The van der Waals surface area contributed by atoms with Gasteiger partial charge in [0.05, 0.1) is 36.8 Å². The number of ether oxygens (including phenoxy) is 2.